The first-order valence-electron chi connectivity index (χ1n) is 9.87. The Morgan fingerprint density at radius 2 is 1.67 bits per heavy atom. The molecule has 0 atom stereocenters. The zero-order valence-electron chi connectivity index (χ0n) is 17.5. The predicted molar refractivity (Wildman–Crippen MR) is 119 cm³/mol. The second-order valence-electron chi connectivity index (χ2n) is 7.46. The van der Waals surface area contributed by atoms with Crippen molar-refractivity contribution < 1.29 is 14.3 Å². The average Bonchev–Trinajstić information content (AvgIpc) is 2.78. The number of methoxy groups -OCH3 is 1. The van der Waals surface area contributed by atoms with Crippen LogP contribution in [-0.2, 0) is 22.7 Å². The van der Waals surface area contributed by atoms with Crippen molar-refractivity contribution in [3.05, 3.63) is 100 Å². The molecule has 0 aliphatic heterocycles. The van der Waals surface area contributed by atoms with Crippen molar-refractivity contribution in [2.75, 3.05) is 7.11 Å². The molecule has 0 radical (unpaired) electrons. The molecule has 0 spiro atoms. The fraction of sp³-hybridized carbons (Fsp3) is 0.231. The van der Waals surface area contributed by atoms with Crippen LogP contribution in [0.5, 0.6) is 0 Å². The summed E-state index contributed by atoms with van der Waals surface area (Å²) in [5, 5.41) is 0. The highest BCUT2D eigenvalue weighted by Crippen LogP contribution is 2.27. The molecule has 4 nitrogen and oxygen atoms in total. The lowest BCUT2D eigenvalue weighted by molar-refractivity contribution is 0.0600. The summed E-state index contributed by atoms with van der Waals surface area (Å²) >= 11 is 0. The summed E-state index contributed by atoms with van der Waals surface area (Å²) in [7, 11) is 1.37. The summed E-state index contributed by atoms with van der Waals surface area (Å²) < 4.78 is 10.8. The smallest absolute Gasteiger partial charge is 0.337 e. The first kappa shape index (κ1) is 21.3. The predicted octanol–water partition coefficient (Wildman–Crippen LogP) is 6.53. The summed E-state index contributed by atoms with van der Waals surface area (Å²) in [5.41, 5.74) is 6.02. The van der Waals surface area contributed by atoms with E-state index < -0.39 is 5.97 Å². The summed E-state index contributed by atoms with van der Waals surface area (Å²) in [5.74, 6) is 0.101. The highest BCUT2D eigenvalue weighted by molar-refractivity contribution is 5.91. The van der Waals surface area contributed by atoms with Crippen LogP contribution in [0.25, 0.3) is 16.0 Å². The van der Waals surface area contributed by atoms with Crippen molar-refractivity contribution in [1.82, 2.24) is 0 Å². The topological polar surface area (TPSA) is 39.9 Å². The standard InChI is InChI=1S/C26H25NO3/c1-18(2)21-10-8-19(9-11-21)16-30-17-20-12-23(14-24(13-20)26(28)29-4)22-6-5-7-25(15-22)27-3/h5-15,18H,16-17H2,1-2,4H3. The van der Waals surface area contributed by atoms with Crippen molar-refractivity contribution in [2.45, 2.75) is 33.0 Å². The maximum Gasteiger partial charge on any atom is 0.337 e. The fourth-order valence-electron chi connectivity index (χ4n) is 3.22. The van der Waals surface area contributed by atoms with E-state index in [1.54, 1.807) is 18.2 Å². The summed E-state index contributed by atoms with van der Waals surface area (Å²) in [6, 6.07) is 21.3. The van der Waals surface area contributed by atoms with Crippen LogP contribution in [0.3, 0.4) is 0 Å². The molecule has 0 heterocycles. The zero-order valence-corrected chi connectivity index (χ0v) is 17.5. The van der Waals surface area contributed by atoms with Crippen molar-refractivity contribution in [1.29, 1.82) is 0 Å². The molecule has 3 aromatic rings. The Kier molecular flexibility index (Phi) is 7.00. The van der Waals surface area contributed by atoms with Gasteiger partial charge in [0.1, 0.15) is 0 Å². The van der Waals surface area contributed by atoms with Crippen LogP contribution in [0.1, 0.15) is 46.8 Å². The van der Waals surface area contributed by atoms with Gasteiger partial charge in [0.05, 0.1) is 32.5 Å². The third-order valence-corrected chi connectivity index (χ3v) is 4.91. The molecule has 0 aliphatic rings. The minimum absolute atomic E-state index is 0.367. The highest BCUT2D eigenvalue weighted by atomic mass is 16.5. The second-order valence-corrected chi connectivity index (χ2v) is 7.46. The van der Waals surface area contributed by atoms with Crippen molar-refractivity contribution in [3.63, 3.8) is 0 Å². The van der Waals surface area contributed by atoms with Gasteiger partial charge in [-0.3, -0.25) is 0 Å². The van der Waals surface area contributed by atoms with Gasteiger partial charge in [-0.15, -0.1) is 0 Å². The van der Waals surface area contributed by atoms with E-state index in [-0.39, 0.29) is 0 Å². The Balaban J connectivity index is 1.79. The molecule has 3 aromatic carbocycles. The number of carbonyl (C=O) groups excluding carboxylic acids is 1. The van der Waals surface area contributed by atoms with E-state index in [0.717, 1.165) is 22.3 Å². The molecule has 30 heavy (non-hydrogen) atoms. The van der Waals surface area contributed by atoms with E-state index in [1.807, 2.05) is 24.3 Å². The normalized spacial score (nSPS) is 10.6. The Hall–Kier alpha value is -3.42. The molecule has 0 saturated heterocycles. The lowest BCUT2D eigenvalue weighted by atomic mass is 9.99. The van der Waals surface area contributed by atoms with E-state index in [2.05, 4.69) is 43.0 Å². The number of rotatable bonds is 7. The molecule has 0 aliphatic carbocycles. The van der Waals surface area contributed by atoms with Crippen LogP contribution in [0, 0.1) is 6.57 Å². The van der Waals surface area contributed by atoms with Gasteiger partial charge >= 0.3 is 5.97 Å². The number of carbonyl (C=O) groups is 1. The third kappa shape index (κ3) is 5.34. The number of hydrogen-bond acceptors (Lipinski definition) is 3. The minimum atomic E-state index is -0.399. The summed E-state index contributed by atoms with van der Waals surface area (Å²) in [6.45, 7) is 12.4. The quantitative estimate of drug-likeness (QED) is 0.335. The van der Waals surface area contributed by atoms with Gasteiger partial charge in [0, 0.05) is 0 Å². The van der Waals surface area contributed by atoms with Crippen LogP contribution in [0.4, 0.5) is 5.69 Å². The fourth-order valence-corrected chi connectivity index (χ4v) is 3.22. The Morgan fingerprint density at radius 1 is 0.933 bits per heavy atom. The van der Waals surface area contributed by atoms with Crippen LogP contribution < -0.4 is 0 Å². The van der Waals surface area contributed by atoms with Gasteiger partial charge in [-0.1, -0.05) is 56.3 Å². The number of ether oxygens (including phenoxy) is 2. The first-order valence-corrected chi connectivity index (χ1v) is 9.87. The molecule has 0 bridgehead atoms. The Bertz CT molecular complexity index is 1060. The third-order valence-electron chi connectivity index (χ3n) is 4.91. The van der Waals surface area contributed by atoms with Crippen molar-refractivity contribution >= 4 is 11.7 Å². The van der Waals surface area contributed by atoms with Crippen molar-refractivity contribution in [2.24, 2.45) is 0 Å². The van der Waals surface area contributed by atoms with Gasteiger partial charge in [-0.25, -0.2) is 9.64 Å². The van der Waals surface area contributed by atoms with E-state index >= 15 is 0 Å². The molecule has 3 rings (SSSR count). The zero-order chi connectivity index (χ0) is 21.5. The average molecular weight is 399 g/mol. The van der Waals surface area contributed by atoms with E-state index in [0.29, 0.717) is 30.4 Å². The van der Waals surface area contributed by atoms with Crippen LogP contribution in [-0.4, -0.2) is 13.1 Å². The lowest BCUT2D eigenvalue weighted by Crippen LogP contribution is -2.03. The number of benzene rings is 3. The first-order chi connectivity index (χ1) is 14.5. The molecule has 0 aromatic heterocycles. The highest BCUT2D eigenvalue weighted by Gasteiger charge is 2.11. The van der Waals surface area contributed by atoms with Gasteiger partial charge < -0.3 is 9.47 Å². The van der Waals surface area contributed by atoms with Gasteiger partial charge in [0.25, 0.3) is 0 Å². The molecule has 0 amide bonds. The number of esters is 1. The molecule has 0 N–H and O–H groups in total. The van der Waals surface area contributed by atoms with E-state index in [9.17, 15) is 4.79 Å². The SMILES string of the molecule is [C-]#[N+]c1cccc(-c2cc(COCc3ccc(C(C)C)cc3)cc(C(=O)OC)c2)c1. The Morgan fingerprint density at radius 3 is 2.33 bits per heavy atom. The van der Waals surface area contributed by atoms with Gasteiger partial charge in [-0.2, -0.15) is 0 Å². The summed E-state index contributed by atoms with van der Waals surface area (Å²) in [4.78, 5) is 15.6. The largest absolute Gasteiger partial charge is 0.465 e. The molecular formula is C26H25NO3. The van der Waals surface area contributed by atoms with Crippen LogP contribution >= 0.6 is 0 Å². The molecule has 0 saturated carbocycles. The molecular weight excluding hydrogens is 374 g/mol. The maximum atomic E-state index is 12.1. The molecule has 0 unspecified atom stereocenters. The monoisotopic (exact) mass is 399 g/mol. The molecule has 4 heteroatoms. The summed E-state index contributed by atoms with van der Waals surface area (Å²) in [6.07, 6.45) is 0. The second kappa shape index (κ2) is 9.87. The molecule has 152 valence electrons. The van der Waals surface area contributed by atoms with Gasteiger partial charge in [-0.05, 0) is 58.0 Å². The minimum Gasteiger partial charge on any atom is -0.465 e. The number of nitrogens with zero attached hydrogens (tertiary/aromatic N) is 1. The Labute approximate surface area is 177 Å². The lowest BCUT2D eigenvalue weighted by Gasteiger charge is -2.11. The van der Waals surface area contributed by atoms with Crippen LogP contribution in [0.15, 0.2) is 66.7 Å². The molecule has 0 fully saturated rings. The maximum absolute atomic E-state index is 12.1. The van der Waals surface area contributed by atoms with E-state index in [4.69, 9.17) is 16.0 Å². The number of hydrogen-bond donors (Lipinski definition) is 0. The van der Waals surface area contributed by atoms with Crippen LogP contribution in [0.2, 0.25) is 0 Å². The van der Waals surface area contributed by atoms with Gasteiger partial charge in [0.2, 0.25) is 0 Å². The van der Waals surface area contributed by atoms with Gasteiger partial charge in [0.15, 0.2) is 5.69 Å². The van der Waals surface area contributed by atoms with Crippen molar-refractivity contribution in [3.8, 4) is 11.1 Å². The van der Waals surface area contributed by atoms with E-state index in [1.165, 1.54) is 12.7 Å².